The fraction of sp³-hybridized carbons (Fsp3) is 0.316. The number of halogens is 1. The van der Waals surface area contributed by atoms with Gasteiger partial charge in [-0.05, 0) is 42.3 Å². The Hall–Kier alpha value is -1.30. The van der Waals surface area contributed by atoms with Crippen LogP contribution in [0.1, 0.15) is 28.7 Å². The summed E-state index contributed by atoms with van der Waals surface area (Å²) in [5, 5.41) is 3.71. The van der Waals surface area contributed by atoms with Crippen molar-refractivity contribution in [1.82, 2.24) is 4.90 Å². The molecule has 1 saturated heterocycles. The van der Waals surface area contributed by atoms with E-state index in [1.807, 2.05) is 66.8 Å². The van der Waals surface area contributed by atoms with E-state index in [2.05, 4.69) is 17.4 Å². The smallest absolute Gasteiger partial charge is 0.321 e. The number of hydrogen-bond acceptors (Lipinski definition) is 3. The summed E-state index contributed by atoms with van der Waals surface area (Å²) in [5.41, 5.74) is 3.15. The highest BCUT2D eigenvalue weighted by molar-refractivity contribution is 8.19. The van der Waals surface area contributed by atoms with Gasteiger partial charge in [-0.1, -0.05) is 35.9 Å². The second-order valence-electron chi connectivity index (χ2n) is 5.97. The van der Waals surface area contributed by atoms with Crippen molar-refractivity contribution in [1.29, 1.82) is 0 Å². The van der Waals surface area contributed by atoms with Crippen molar-refractivity contribution in [3.8, 4) is 0 Å². The highest BCUT2D eigenvalue weighted by Gasteiger charge is 2.20. The maximum Gasteiger partial charge on any atom is 0.322 e. The maximum absolute atomic E-state index is 12.6. The summed E-state index contributed by atoms with van der Waals surface area (Å²) >= 11 is 9.86. The first kappa shape index (κ1) is 18.5. The Balaban J connectivity index is 1.66. The molecule has 3 nitrogen and oxygen atoms in total. The van der Waals surface area contributed by atoms with Crippen LogP contribution < -0.4 is 5.32 Å². The molecule has 1 N–H and O–H groups in total. The number of thioether (sulfide) groups is 2. The van der Waals surface area contributed by atoms with Crippen molar-refractivity contribution >= 4 is 46.8 Å². The number of amides is 2. The van der Waals surface area contributed by atoms with Gasteiger partial charge in [-0.3, -0.25) is 0 Å². The zero-order valence-electron chi connectivity index (χ0n) is 14.2. The minimum absolute atomic E-state index is 0.0404. The number of carbonyl (C=O) groups excluding carboxylic acids is 1. The van der Waals surface area contributed by atoms with Crippen molar-refractivity contribution in [3.63, 3.8) is 0 Å². The number of nitrogens with zero attached hydrogens (tertiary/aromatic N) is 1. The summed E-state index contributed by atoms with van der Waals surface area (Å²) in [5.74, 6) is 2.38. The number of nitrogens with one attached hydrogen (secondary N) is 1. The van der Waals surface area contributed by atoms with Gasteiger partial charge >= 0.3 is 6.03 Å². The van der Waals surface area contributed by atoms with E-state index in [4.69, 9.17) is 11.6 Å². The van der Waals surface area contributed by atoms with Crippen molar-refractivity contribution < 1.29 is 4.79 Å². The summed E-state index contributed by atoms with van der Waals surface area (Å²) in [7, 11) is 1.81. The first-order valence-electron chi connectivity index (χ1n) is 8.17. The molecule has 0 aromatic heterocycles. The zero-order chi connectivity index (χ0) is 17.8. The van der Waals surface area contributed by atoms with Crippen LogP contribution in [0.25, 0.3) is 0 Å². The number of anilines is 1. The lowest BCUT2D eigenvalue weighted by Crippen LogP contribution is -2.33. The number of rotatable bonds is 4. The van der Waals surface area contributed by atoms with Crippen LogP contribution in [0.3, 0.4) is 0 Å². The third-order valence-corrected chi connectivity index (χ3v) is 7.64. The molecule has 1 atom stereocenters. The van der Waals surface area contributed by atoms with Gasteiger partial charge in [-0.15, -0.1) is 23.5 Å². The topological polar surface area (TPSA) is 32.3 Å². The highest BCUT2D eigenvalue weighted by Crippen LogP contribution is 2.45. The second-order valence-corrected chi connectivity index (χ2v) is 9.13. The van der Waals surface area contributed by atoms with Gasteiger partial charge in [-0.2, -0.15) is 0 Å². The van der Waals surface area contributed by atoms with Crippen LogP contribution in [0, 0.1) is 0 Å². The van der Waals surface area contributed by atoms with Gasteiger partial charge in [0.1, 0.15) is 0 Å². The van der Waals surface area contributed by atoms with Crippen molar-refractivity contribution in [2.24, 2.45) is 0 Å². The van der Waals surface area contributed by atoms with Crippen LogP contribution in [-0.2, 0) is 0 Å². The number of carbonyl (C=O) groups is 1. The number of benzene rings is 2. The molecule has 1 aliphatic heterocycles. The van der Waals surface area contributed by atoms with Crippen LogP contribution in [-0.4, -0.2) is 29.5 Å². The molecule has 1 heterocycles. The van der Waals surface area contributed by atoms with Gasteiger partial charge in [0, 0.05) is 29.3 Å². The SMILES string of the molecule is CC(c1ccc(Cl)cc1)N(C)C(=O)Nc1cccc(C2SCCS2)c1. The molecule has 2 aromatic rings. The highest BCUT2D eigenvalue weighted by atomic mass is 35.5. The van der Waals surface area contributed by atoms with Crippen LogP contribution in [0.2, 0.25) is 5.02 Å². The van der Waals surface area contributed by atoms with Crippen LogP contribution in [0.5, 0.6) is 0 Å². The molecule has 2 amide bonds. The Morgan fingerprint density at radius 1 is 1.20 bits per heavy atom. The van der Waals surface area contributed by atoms with E-state index < -0.39 is 0 Å². The molecule has 0 aliphatic carbocycles. The first-order valence-corrected chi connectivity index (χ1v) is 10.6. The van der Waals surface area contributed by atoms with E-state index in [-0.39, 0.29) is 12.1 Å². The Morgan fingerprint density at radius 3 is 2.56 bits per heavy atom. The van der Waals surface area contributed by atoms with Crippen molar-refractivity contribution in [3.05, 3.63) is 64.7 Å². The molecule has 25 heavy (non-hydrogen) atoms. The summed E-state index contributed by atoms with van der Waals surface area (Å²) in [4.78, 5) is 14.3. The molecule has 6 heteroatoms. The predicted octanol–water partition coefficient (Wildman–Crippen LogP) is 6.04. The molecule has 0 saturated carbocycles. The molecule has 132 valence electrons. The van der Waals surface area contributed by atoms with Gasteiger partial charge in [0.2, 0.25) is 0 Å². The summed E-state index contributed by atoms with van der Waals surface area (Å²) in [6, 6.07) is 15.6. The molecule has 2 aromatic carbocycles. The van der Waals surface area contributed by atoms with Gasteiger partial charge < -0.3 is 10.2 Å². The van der Waals surface area contributed by atoms with E-state index in [9.17, 15) is 4.79 Å². The summed E-state index contributed by atoms with van der Waals surface area (Å²) in [6.45, 7) is 2.01. The largest absolute Gasteiger partial charge is 0.322 e. The summed E-state index contributed by atoms with van der Waals surface area (Å²) < 4.78 is 0.475. The van der Waals surface area contributed by atoms with E-state index in [0.717, 1.165) is 11.3 Å². The second kappa shape index (κ2) is 8.39. The third-order valence-electron chi connectivity index (χ3n) is 4.29. The monoisotopic (exact) mass is 392 g/mol. The lowest BCUT2D eigenvalue weighted by atomic mass is 10.1. The molecule has 1 fully saturated rings. The van der Waals surface area contributed by atoms with Crippen LogP contribution in [0.15, 0.2) is 48.5 Å². The predicted molar refractivity (Wildman–Crippen MR) is 111 cm³/mol. The number of hydrogen-bond donors (Lipinski definition) is 1. The van der Waals surface area contributed by atoms with E-state index in [1.165, 1.54) is 17.1 Å². The zero-order valence-corrected chi connectivity index (χ0v) is 16.6. The minimum atomic E-state index is -0.119. The maximum atomic E-state index is 12.6. The Kier molecular flexibility index (Phi) is 6.20. The standard InChI is InChI=1S/C19H21ClN2OS2/c1-13(14-6-8-16(20)9-7-14)22(2)19(23)21-17-5-3-4-15(12-17)18-24-10-11-25-18/h3-9,12-13,18H,10-11H2,1-2H3,(H,21,23). The molecule has 0 bridgehead atoms. The number of urea groups is 1. The van der Waals surface area contributed by atoms with Crippen LogP contribution in [0.4, 0.5) is 10.5 Å². The van der Waals surface area contributed by atoms with Gasteiger partial charge in [0.05, 0.1) is 10.6 Å². The summed E-state index contributed by atoms with van der Waals surface area (Å²) in [6.07, 6.45) is 0. The normalized spacial score (nSPS) is 15.8. The first-order chi connectivity index (χ1) is 12.0. The Labute approximate surface area is 162 Å². The van der Waals surface area contributed by atoms with Gasteiger partial charge in [0.15, 0.2) is 0 Å². The fourth-order valence-corrected chi connectivity index (χ4v) is 5.63. The van der Waals surface area contributed by atoms with E-state index in [0.29, 0.717) is 9.60 Å². The quantitative estimate of drug-likeness (QED) is 0.687. The molecular formula is C19H21ClN2OS2. The minimum Gasteiger partial charge on any atom is -0.321 e. The Bertz CT molecular complexity index is 732. The molecule has 0 radical (unpaired) electrons. The third kappa shape index (κ3) is 4.66. The average molecular weight is 393 g/mol. The lowest BCUT2D eigenvalue weighted by molar-refractivity contribution is 0.208. The van der Waals surface area contributed by atoms with E-state index >= 15 is 0 Å². The molecular weight excluding hydrogens is 372 g/mol. The molecule has 1 unspecified atom stereocenters. The van der Waals surface area contributed by atoms with Gasteiger partial charge in [-0.25, -0.2) is 4.79 Å². The average Bonchev–Trinajstić information content (AvgIpc) is 3.16. The Morgan fingerprint density at radius 2 is 1.88 bits per heavy atom. The van der Waals surface area contributed by atoms with Crippen molar-refractivity contribution in [2.75, 3.05) is 23.9 Å². The van der Waals surface area contributed by atoms with Crippen LogP contribution >= 0.6 is 35.1 Å². The fourth-order valence-electron chi connectivity index (χ4n) is 2.67. The van der Waals surface area contributed by atoms with E-state index in [1.54, 1.807) is 11.9 Å². The van der Waals surface area contributed by atoms with Gasteiger partial charge in [0.25, 0.3) is 0 Å². The molecule has 0 spiro atoms. The lowest BCUT2D eigenvalue weighted by Gasteiger charge is -2.26. The molecule has 3 rings (SSSR count). The molecule has 1 aliphatic rings. The van der Waals surface area contributed by atoms with Crippen molar-refractivity contribution in [2.45, 2.75) is 17.5 Å².